The summed E-state index contributed by atoms with van der Waals surface area (Å²) in [6.45, 7) is 4.56. The normalized spacial score (nSPS) is 12.2. The Morgan fingerprint density at radius 3 is 1.46 bits per heavy atom. The van der Waals surface area contributed by atoms with Crippen LogP contribution in [0.15, 0.2) is 60.7 Å². The van der Waals surface area contributed by atoms with Crippen molar-refractivity contribution in [3.05, 3.63) is 71.8 Å². The van der Waals surface area contributed by atoms with Crippen LogP contribution in [0.4, 0.5) is 0 Å². The van der Waals surface area contributed by atoms with Gasteiger partial charge in [-0.2, -0.15) is 0 Å². The highest BCUT2D eigenvalue weighted by atomic mass is 32.1. The van der Waals surface area contributed by atoms with E-state index in [2.05, 4.69) is 74.5 Å². The van der Waals surface area contributed by atoms with Crippen LogP contribution in [0.3, 0.4) is 0 Å². The van der Waals surface area contributed by atoms with Crippen LogP contribution in [0.1, 0.15) is 11.1 Å². The molecule has 0 radical (unpaired) electrons. The number of aryl methyl sites for hydroxylation is 2. The lowest BCUT2D eigenvalue weighted by Crippen LogP contribution is -1.79. The van der Waals surface area contributed by atoms with Crippen LogP contribution in [0, 0.1) is 13.8 Å². The second-order valence-electron chi connectivity index (χ2n) is 7.05. The average molecular weight is 369 g/mol. The summed E-state index contributed by atoms with van der Waals surface area (Å²) in [5.41, 5.74) is 2.83. The summed E-state index contributed by atoms with van der Waals surface area (Å²) in [5, 5.41) is 8.34. The Morgan fingerprint density at radius 1 is 0.577 bits per heavy atom. The molecule has 2 heterocycles. The van der Waals surface area contributed by atoms with Gasteiger partial charge in [-0.25, -0.2) is 0 Å². The van der Waals surface area contributed by atoms with Crippen LogP contribution in [0.2, 0.25) is 0 Å². The van der Waals surface area contributed by atoms with Gasteiger partial charge in [-0.1, -0.05) is 48.5 Å². The highest BCUT2D eigenvalue weighted by Crippen LogP contribution is 2.48. The van der Waals surface area contributed by atoms with Crippen LogP contribution in [-0.2, 0) is 0 Å². The number of fused-ring (bicyclic) bond motifs is 7. The van der Waals surface area contributed by atoms with E-state index in [0.29, 0.717) is 0 Å². The van der Waals surface area contributed by atoms with Crippen molar-refractivity contribution in [2.75, 3.05) is 0 Å². The molecule has 0 aliphatic rings. The summed E-state index contributed by atoms with van der Waals surface area (Å²) < 4.78 is 5.75. The molecule has 0 unspecified atom stereocenters. The van der Waals surface area contributed by atoms with Crippen molar-refractivity contribution in [3.8, 4) is 0 Å². The van der Waals surface area contributed by atoms with Crippen LogP contribution in [0.5, 0.6) is 0 Å². The Balaban J connectivity index is 1.87. The Hall–Kier alpha value is -2.42. The Morgan fingerprint density at radius 2 is 1.00 bits per heavy atom. The largest absolute Gasteiger partial charge is 0.134 e. The zero-order valence-corrected chi connectivity index (χ0v) is 16.2. The Bertz CT molecular complexity index is 1380. The molecule has 2 heteroatoms. The molecule has 0 aliphatic carbocycles. The number of rotatable bonds is 0. The molecule has 4 aromatic carbocycles. The van der Waals surface area contributed by atoms with E-state index >= 15 is 0 Å². The van der Waals surface area contributed by atoms with Crippen molar-refractivity contribution >= 4 is 73.8 Å². The first-order valence-corrected chi connectivity index (χ1v) is 10.5. The van der Waals surface area contributed by atoms with Crippen molar-refractivity contribution in [1.29, 1.82) is 0 Å². The maximum absolute atomic E-state index is 2.37. The van der Waals surface area contributed by atoms with Crippen molar-refractivity contribution < 1.29 is 0 Å². The van der Waals surface area contributed by atoms with E-state index in [9.17, 15) is 0 Å². The topological polar surface area (TPSA) is 0 Å². The molecular weight excluding hydrogens is 352 g/mol. The van der Waals surface area contributed by atoms with Crippen LogP contribution in [0.25, 0.3) is 51.1 Å². The van der Waals surface area contributed by atoms with E-state index < -0.39 is 0 Å². The van der Waals surface area contributed by atoms with E-state index in [-0.39, 0.29) is 0 Å². The molecule has 0 atom stereocenters. The second kappa shape index (κ2) is 5.06. The number of benzene rings is 4. The molecule has 0 amide bonds. The van der Waals surface area contributed by atoms with Crippen molar-refractivity contribution in [2.45, 2.75) is 13.8 Å². The molecule has 0 bridgehead atoms. The van der Waals surface area contributed by atoms with Gasteiger partial charge in [-0.15, -0.1) is 22.7 Å². The summed E-state index contributed by atoms with van der Waals surface area (Å²) >= 11 is 3.92. The van der Waals surface area contributed by atoms with Gasteiger partial charge in [0.1, 0.15) is 0 Å². The molecular formula is C24H16S2. The minimum atomic E-state index is 1.35. The highest BCUT2D eigenvalue weighted by molar-refractivity contribution is 7.36. The van der Waals surface area contributed by atoms with E-state index in [1.165, 1.54) is 62.2 Å². The van der Waals surface area contributed by atoms with E-state index in [1.807, 2.05) is 22.7 Å². The number of thiophene rings is 2. The predicted molar refractivity (Wildman–Crippen MR) is 119 cm³/mol. The van der Waals surface area contributed by atoms with Crippen LogP contribution >= 0.6 is 22.7 Å². The maximum atomic E-state index is 2.37. The van der Waals surface area contributed by atoms with Crippen LogP contribution in [-0.4, -0.2) is 0 Å². The molecule has 0 saturated heterocycles. The summed E-state index contributed by atoms with van der Waals surface area (Å²) in [6.07, 6.45) is 0. The molecule has 0 spiro atoms. The molecule has 2 aromatic heterocycles. The maximum Gasteiger partial charge on any atom is 0.0545 e. The standard InChI is InChI=1S/C24H16S2/c1-13-17-9-5-3-7-15(17)11-19-21(13)23-24(25-19)22-14(2)18-10-6-4-8-16(18)12-20(22)26-23/h3-12H,1-2H3. The third-order valence-electron chi connectivity index (χ3n) is 5.63. The van der Waals surface area contributed by atoms with Crippen molar-refractivity contribution in [1.82, 2.24) is 0 Å². The number of hydrogen-bond acceptors (Lipinski definition) is 2. The molecule has 0 aliphatic heterocycles. The van der Waals surface area contributed by atoms with Gasteiger partial charge in [0.05, 0.1) is 9.40 Å². The lowest BCUT2D eigenvalue weighted by Gasteiger charge is -2.04. The zero-order valence-electron chi connectivity index (χ0n) is 14.6. The smallest absolute Gasteiger partial charge is 0.0545 e. The lowest BCUT2D eigenvalue weighted by molar-refractivity contribution is 1.61. The van der Waals surface area contributed by atoms with Gasteiger partial charge in [0.2, 0.25) is 0 Å². The molecule has 0 saturated carbocycles. The molecule has 0 N–H and O–H groups in total. The van der Waals surface area contributed by atoms with Gasteiger partial charge in [0.15, 0.2) is 0 Å². The fourth-order valence-electron chi connectivity index (χ4n) is 4.36. The Kier molecular flexibility index (Phi) is 2.87. The van der Waals surface area contributed by atoms with Gasteiger partial charge in [-0.05, 0) is 58.7 Å². The summed E-state index contributed by atoms with van der Waals surface area (Å²) in [7, 11) is 0. The summed E-state index contributed by atoms with van der Waals surface area (Å²) in [6, 6.07) is 22.3. The summed E-state index contributed by atoms with van der Waals surface area (Å²) in [5.74, 6) is 0. The molecule has 6 aromatic rings. The highest BCUT2D eigenvalue weighted by Gasteiger charge is 2.17. The minimum Gasteiger partial charge on any atom is -0.134 e. The lowest BCUT2D eigenvalue weighted by atomic mass is 10.0. The van der Waals surface area contributed by atoms with Gasteiger partial charge in [0.25, 0.3) is 0 Å². The van der Waals surface area contributed by atoms with Gasteiger partial charge in [0, 0.05) is 20.2 Å². The van der Waals surface area contributed by atoms with Crippen molar-refractivity contribution in [2.24, 2.45) is 0 Å². The molecule has 26 heavy (non-hydrogen) atoms. The number of hydrogen-bond donors (Lipinski definition) is 0. The summed E-state index contributed by atoms with van der Waals surface area (Å²) in [4.78, 5) is 0. The fourth-order valence-corrected chi connectivity index (χ4v) is 7.39. The fraction of sp³-hybridized carbons (Fsp3) is 0.0833. The molecule has 124 valence electrons. The first kappa shape index (κ1) is 14.7. The SMILES string of the molecule is Cc1c2ccccc2cc2sc3c(sc4cc5ccccc5c(C)c43)c12. The first-order chi connectivity index (χ1) is 12.7. The zero-order chi connectivity index (χ0) is 17.4. The monoisotopic (exact) mass is 368 g/mol. The van der Waals surface area contributed by atoms with E-state index in [0.717, 1.165) is 0 Å². The molecule has 6 rings (SSSR count). The van der Waals surface area contributed by atoms with Gasteiger partial charge < -0.3 is 0 Å². The minimum absolute atomic E-state index is 1.35. The van der Waals surface area contributed by atoms with Gasteiger partial charge >= 0.3 is 0 Å². The first-order valence-electron chi connectivity index (χ1n) is 8.88. The van der Waals surface area contributed by atoms with Gasteiger partial charge in [-0.3, -0.25) is 0 Å². The third-order valence-corrected chi connectivity index (χ3v) is 8.07. The molecule has 0 nitrogen and oxygen atoms in total. The van der Waals surface area contributed by atoms with Crippen LogP contribution < -0.4 is 0 Å². The van der Waals surface area contributed by atoms with E-state index in [1.54, 1.807) is 0 Å². The second-order valence-corrected chi connectivity index (χ2v) is 9.16. The quantitative estimate of drug-likeness (QED) is 0.253. The third kappa shape index (κ3) is 1.78. The van der Waals surface area contributed by atoms with E-state index in [4.69, 9.17) is 0 Å². The predicted octanol–water partition coefficient (Wildman–Crippen LogP) is 8.19. The average Bonchev–Trinajstić information content (AvgIpc) is 3.17. The van der Waals surface area contributed by atoms with Crippen molar-refractivity contribution in [3.63, 3.8) is 0 Å². The Labute approximate surface area is 159 Å². The molecule has 0 fully saturated rings.